The van der Waals surface area contributed by atoms with E-state index >= 15 is 0 Å². The number of hydrogen-bond donors (Lipinski definition) is 0. The lowest BCUT2D eigenvalue weighted by atomic mass is 9.98. The first-order valence-electron chi connectivity index (χ1n) is 11.6. The van der Waals surface area contributed by atoms with Gasteiger partial charge in [0.2, 0.25) is 0 Å². The fourth-order valence-corrected chi connectivity index (χ4v) is 4.69. The molecular weight excluding hydrogens is 430 g/mol. The van der Waals surface area contributed by atoms with Crippen LogP contribution in [0.1, 0.15) is 45.2 Å². The van der Waals surface area contributed by atoms with Crippen LogP contribution in [-0.4, -0.2) is 42.7 Å². The molecule has 1 saturated heterocycles. The minimum absolute atomic E-state index is 0.190. The van der Waals surface area contributed by atoms with Crippen LogP contribution in [0.15, 0.2) is 66.7 Å². The Morgan fingerprint density at radius 3 is 2.24 bits per heavy atom. The molecule has 0 saturated carbocycles. The van der Waals surface area contributed by atoms with Gasteiger partial charge in [-0.05, 0) is 53.6 Å². The van der Waals surface area contributed by atoms with Gasteiger partial charge >= 0.3 is 0 Å². The molecule has 1 fully saturated rings. The Labute approximate surface area is 196 Å². The highest BCUT2D eigenvalue weighted by Gasteiger charge is 2.40. The third-order valence-corrected chi connectivity index (χ3v) is 6.44. The molecule has 1 aliphatic carbocycles. The van der Waals surface area contributed by atoms with Gasteiger partial charge in [0, 0.05) is 22.9 Å². The number of hydrogen-bond acceptors (Lipinski definition) is 6. The summed E-state index contributed by atoms with van der Waals surface area (Å²) in [4.78, 5) is 31.0. The van der Waals surface area contributed by atoms with Gasteiger partial charge in [-0.1, -0.05) is 30.3 Å². The lowest BCUT2D eigenvalue weighted by molar-refractivity contribution is -0.183. The molecule has 0 atom stereocenters. The number of ketones is 2. The maximum atomic E-state index is 13.2. The first kappa shape index (κ1) is 21.0. The van der Waals surface area contributed by atoms with E-state index in [1.165, 1.54) is 0 Å². The molecule has 6 rings (SSSR count). The van der Waals surface area contributed by atoms with Crippen molar-refractivity contribution in [3.8, 4) is 5.75 Å². The number of aromatic nitrogens is 1. The van der Waals surface area contributed by atoms with Crippen LogP contribution in [0.3, 0.4) is 0 Å². The van der Waals surface area contributed by atoms with Gasteiger partial charge in [0.1, 0.15) is 11.7 Å². The molecule has 4 aromatic rings. The van der Waals surface area contributed by atoms with Crippen molar-refractivity contribution in [3.05, 3.63) is 83.6 Å². The number of carbonyl (C=O) groups is 2. The highest BCUT2D eigenvalue weighted by molar-refractivity contribution is 6.30. The molecular formula is C28H23NO5. The van der Waals surface area contributed by atoms with Crippen molar-refractivity contribution in [3.63, 3.8) is 0 Å². The molecule has 2 heterocycles. The van der Waals surface area contributed by atoms with Gasteiger partial charge in [-0.15, -0.1) is 0 Å². The zero-order valence-corrected chi connectivity index (χ0v) is 18.5. The predicted molar refractivity (Wildman–Crippen MR) is 128 cm³/mol. The number of fused-ring (bicyclic) bond motifs is 3. The van der Waals surface area contributed by atoms with Crippen molar-refractivity contribution in [1.82, 2.24) is 4.98 Å². The number of carbonyl (C=O) groups excluding carboxylic acids is 2. The summed E-state index contributed by atoms with van der Waals surface area (Å²) in [6.07, 6.45) is 1.39. The molecule has 0 spiro atoms. The first-order chi connectivity index (χ1) is 16.7. The van der Waals surface area contributed by atoms with Crippen LogP contribution in [0.4, 0.5) is 0 Å². The average Bonchev–Trinajstić information content (AvgIpc) is 3.12. The van der Waals surface area contributed by atoms with Gasteiger partial charge in [-0.3, -0.25) is 14.6 Å². The summed E-state index contributed by atoms with van der Waals surface area (Å²) in [5.74, 6) is -0.554. The largest absolute Gasteiger partial charge is 0.493 e. The van der Waals surface area contributed by atoms with E-state index in [1.54, 1.807) is 6.07 Å². The van der Waals surface area contributed by atoms with Crippen LogP contribution < -0.4 is 4.74 Å². The summed E-state index contributed by atoms with van der Waals surface area (Å²) in [5.41, 5.74) is 2.14. The second-order valence-corrected chi connectivity index (χ2v) is 8.66. The van der Waals surface area contributed by atoms with Crippen LogP contribution in [0.2, 0.25) is 0 Å². The zero-order valence-electron chi connectivity index (χ0n) is 18.5. The molecule has 6 heteroatoms. The number of Topliss-reactive ketones (excluding diaryl/α,β-unsaturated/α-hetero) is 2. The molecule has 0 unspecified atom stereocenters. The third kappa shape index (κ3) is 3.75. The second-order valence-electron chi connectivity index (χ2n) is 8.66. The number of ether oxygens (including phenoxy) is 3. The van der Waals surface area contributed by atoms with E-state index in [1.807, 2.05) is 60.7 Å². The molecule has 2 aliphatic rings. The monoisotopic (exact) mass is 453 g/mol. The standard InChI is InChI=1S/C28H23NO5/c30-27-21-15-17-4-1-2-5-18(17)16-22(21)28(31)26(27)24-8-6-19-14-20(7-9-23(19)29-24)32-13-10-25-33-11-3-12-34-25/h1-2,4-9,14-16,25-26H,3,10-13H2. The average molecular weight is 453 g/mol. The van der Waals surface area contributed by atoms with Gasteiger partial charge in [0.15, 0.2) is 17.9 Å². The van der Waals surface area contributed by atoms with Gasteiger partial charge in [-0.2, -0.15) is 0 Å². The molecule has 6 nitrogen and oxygen atoms in total. The lowest BCUT2D eigenvalue weighted by Gasteiger charge is -2.23. The molecule has 34 heavy (non-hydrogen) atoms. The van der Waals surface area contributed by atoms with Gasteiger partial charge in [-0.25, -0.2) is 0 Å². The molecule has 0 amide bonds. The fraction of sp³-hybridized carbons (Fsp3) is 0.250. The Balaban J connectivity index is 1.22. The highest BCUT2D eigenvalue weighted by Crippen LogP contribution is 2.36. The zero-order chi connectivity index (χ0) is 23.1. The van der Waals surface area contributed by atoms with Crippen molar-refractivity contribution in [2.75, 3.05) is 19.8 Å². The minimum atomic E-state index is -0.900. The van der Waals surface area contributed by atoms with E-state index in [0.29, 0.717) is 35.4 Å². The molecule has 0 bridgehead atoms. The maximum Gasteiger partial charge on any atom is 0.180 e. The Morgan fingerprint density at radius 1 is 0.824 bits per heavy atom. The Morgan fingerprint density at radius 2 is 1.53 bits per heavy atom. The molecule has 170 valence electrons. The van der Waals surface area contributed by atoms with Gasteiger partial charge in [0.25, 0.3) is 0 Å². The van der Waals surface area contributed by atoms with Gasteiger partial charge < -0.3 is 14.2 Å². The highest BCUT2D eigenvalue weighted by atomic mass is 16.7. The lowest BCUT2D eigenvalue weighted by Crippen LogP contribution is -2.26. The summed E-state index contributed by atoms with van der Waals surface area (Å²) in [6.45, 7) is 1.93. The summed E-state index contributed by atoms with van der Waals surface area (Å²) in [5, 5.41) is 2.78. The van der Waals surface area contributed by atoms with Crippen LogP contribution in [0, 0.1) is 0 Å². The van der Waals surface area contributed by atoms with Crippen LogP contribution in [0.25, 0.3) is 21.7 Å². The maximum absolute atomic E-state index is 13.2. The number of benzene rings is 3. The summed E-state index contributed by atoms with van der Waals surface area (Å²) < 4.78 is 17.0. The Bertz CT molecular complexity index is 1370. The third-order valence-electron chi connectivity index (χ3n) is 6.44. The predicted octanol–water partition coefficient (Wildman–Crippen LogP) is 5.08. The summed E-state index contributed by atoms with van der Waals surface area (Å²) in [6, 6.07) is 20.6. The second kappa shape index (κ2) is 8.63. The van der Waals surface area contributed by atoms with Crippen molar-refractivity contribution in [2.24, 2.45) is 0 Å². The molecule has 3 aromatic carbocycles. The summed E-state index contributed by atoms with van der Waals surface area (Å²) in [7, 11) is 0. The number of nitrogens with zero attached hydrogens (tertiary/aromatic N) is 1. The van der Waals surface area contributed by atoms with Crippen LogP contribution in [-0.2, 0) is 9.47 Å². The SMILES string of the molecule is O=C1c2cc3ccccc3cc2C(=O)C1c1ccc2cc(OCCC3OCCCO3)ccc2n1. The quantitative estimate of drug-likeness (QED) is 0.392. The molecule has 1 aliphatic heterocycles. The van der Waals surface area contributed by atoms with Crippen molar-refractivity contribution in [1.29, 1.82) is 0 Å². The van der Waals surface area contributed by atoms with Crippen molar-refractivity contribution < 1.29 is 23.8 Å². The fourth-order valence-electron chi connectivity index (χ4n) is 4.69. The van der Waals surface area contributed by atoms with Crippen molar-refractivity contribution >= 4 is 33.2 Å². The van der Waals surface area contributed by atoms with Crippen LogP contribution in [0.5, 0.6) is 5.75 Å². The normalized spacial score (nSPS) is 16.9. The molecule has 0 radical (unpaired) electrons. The minimum Gasteiger partial charge on any atom is -0.493 e. The van der Waals surface area contributed by atoms with E-state index < -0.39 is 5.92 Å². The number of pyridine rings is 1. The molecule has 1 aromatic heterocycles. The van der Waals surface area contributed by atoms with Crippen LogP contribution >= 0.6 is 0 Å². The Kier molecular flexibility index (Phi) is 5.32. The molecule has 0 N–H and O–H groups in total. The van der Waals surface area contributed by atoms with Gasteiger partial charge in [0.05, 0.1) is 31.0 Å². The van der Waals surface area contributed by atoms with E-state index in [4.69, 9.17) is 14.2 Å². The van der Waals surface area contributed by atoms with E-state index in [-0.39, 0.29) is 17.9 Å². The van der Waals surface area contributed by atoms with E-state index in [0.717, 1.165) is 41.5 Å². The smallest absolute Gasteiger partial charge is 0.180 e. The first-order valence-corrected chi connectivity index (χ1v) is 11.6. The van der Waals surface area contributed by atoms with E-state index in [9.17, 15) is 9.59 Å². The number of rotatable bonds is 5. The Hall–Kier alpha value is -3.61. The van der Waals surface area contributed by atoms with Crippen molar-refractivity contribution in [2.45, 2.75) is 25.0 Å². The topological polar surface area (TPSA) is 74.7 Å². The van der Waals surface area contributed by atoms with E-state index in [2.05, 4.69) is 4.98 Å². The summed E-state index contributed by atoms with van der Waals surface area (Å²) >= 11 is 0.